The molecule has 1 aliphatic rings. The van der Waals surface area contributed by atoms with Gasteiger partial charge in [0.1, 0.15) is 0 Å². The first kappa shape index (κ1) is 9.76. The molecule has 1 aromatic rings. The first-order chi connectivity index (χ1) is 6.68. The molecule has 0 aromatic heterocycles. The molecule has 0 heteroatoms. The summed E-state index contributed by atoms with van der Waals surface area (Å²) < 4.78 is 0. The zero-order valence-electron chi connectivity index (χ0n) is 9.51. The summed E-state index contributed by atoms with van der Waals surface area (Å²) in [7, 11) is 0. The van der Waals surface area contributed by atoms with Crippen molar-refractivity contribution in [3.8, 4) is 0 Å². The van der Waals surface area contributed by atoms with Crippen molar-refractivity contribution in [2.45, 2.75) is 45.4 Å². The minimum Gasteiger partial charge on any atom is -0.0645 e. The molecular weight excluding hydrogens is 168 g/mol. The zero-order valence-corrected chi connectivity index (χ0v) is 9.51. The lowest BCUT2D eigenvalue weighted by molar-refractivity contribution is 0.267. The third-order valence-electron chi connectivity index (χ3n) is 4.30. The molecule has 0 aliphatic heterocycles. The molecule has 0 N–H and O–H groups in total. The molecule has 2 atom stereocenters. The van der Waals surface area contributed by atoms with Gasteiger partial charge in [0.15, 0.2) is 0 Å². The first-order valence-electron chi connectivity index (χ1n) is 5.77. The molecule has 2 unspecified atom stereocenters. The first-order valence-corrected chi connectivity index (χ1v) is 5.77. The monoisotopic (exact) mass is 188 g/mol. The fraction of sp³-hybridized carbons (Fsp3) is 0.571. The number of benzene rings is 1. The van der Waals surface area contributed by atoms with Crippen LogP contribution < -0.4 is 0 Å². The van der Waals surface area contributed by atoms with Crippen LogP contribution in [0.4, 0.5) is 0 Å². The van der Waals surface area contributed by atoms with Crippen molar-refractivity contribution < 1.29 is 0 Å². The normalized spacial score (nSPS) is 31.2. The lowest BCUT2D eigenvalue weighted by Gasteiger charge is -2.41. The molecule has 76 valence electrons. The lowest BCUT2D eigenvalue weighted by atomic mass is 9.64. The number of hydrogen-bond donors (Lipinski definition) is 0. The van der Waals surface area contributed by atoms with E-state index in [4.69, 9.17) is 0 Å². The van der Waals surface area contributed by atoms with Crippen molar-refractivity contribution in [3.05, 3.63) is 35.4 Å². The number of rotatable bonds is 1. The van der Waals surface area contributed by atoms with E-state index in [1.54, 1.807) is 11.1 Å². The van der Waals surface area contributed by atoms with Gasteiger partial charge in [-0.05, 0) is 41.7 Å². The summed E-state index contributed by atoms with van der Waals surface area (Å²) in [4.78, 5) is 0. The quantitative estimate of drug-likeness (QED) is 0.626. The van der Waals surface area contributed by atoms with Gasteiger partial charge in [-0.3, -0.25) is 0 Å². The Morgan fingerprint density at radius 3 is 2.79 bits per heavy atom. The Bertz CT molecular complexity index is 327. The van der Waals surface area contributed by atoms with Crippen LogP contribution in [0.2, 0.25) is 0 Å². The summed E-state index contributed by atoms with van der Waals surface area (Å²) in [5, 5.41) is 0. The molecule has 2 rings (SSSR count). The Hall–Kier alpha value is -0.780. The highest BCUT2D eigenvalue weighted by atomic mass is 14.4. The van der Waals surface area contributed by atoms with Crippen LogP contribution in [0.3, 0.4) is 0 Å². The van der Waals surface area contributed by atoms with Gasteiger partial charge in [0.2, 0.25) is 0 Å². The van der Waals surface area contributed by atoms with Gasteiger partial charge < -0.3 is 0 Å². The maximum absolute atomic E-state index is 2.43. The zero-order chi connectivity index (χ0) is 10.2. The summed E-state index contributed by atoms with van der Waals surface area (Å²) >= 11 is 0. The smallest absolute Gasteiger partial charge is 0.00494 e. The molecule has 0 spiro atoms. The van der Waals surface area contributed by atoms with Crippen molar-refractivity contribution in [2.75, 3.05) is 0 Å². The van der Waals surface area contributed by atoms with Gasteiger partial charge in [0.25, 0.3) is 0 Å². The maximum atomic E-state index is 2.43. The predicted octanol–water partition coefficient (Wildman–Crippen LogP) is 3.94. The number of fused-ring (bicyclic) bond motifs is 1. The molecule has 1 aromatic carbocycles. The second-order valence-electron chi connectivity index (χ2n) is 4.87. The fourth-order valence-electron chi connectivity index (χ4n) is 2.79. The summed E-state index contributed by atoms with van der Waals surface area (Å²) in [6.07, 6.45) is 3.87. The highest BCUT2D eigenvalue weighted by Gasteiger charge is 2.35. The van der Waals surface area contributed by atoms with Gasteiger partial charge >= 0.3 is 0 Å². The Morgan fingerprint density at radius 1 is 1.36 bits per heavy atom. The van der Waals surface area contributed by atoms with Crippen molar-refractivity contribution in [1.29, 1.82) is 0 Å². The summed E-state index contributed by atoms with van der Waals surface area (Å²) in [5.74, 6) is 0.822. The van der Waals surface area contributed by atoms with Crippen molar-refractivity contribution in [2.24, 2.45) is 5.92 Å². The minimum absolute atomic E-state index is 0.412. The lowest BCUT2D eigenvalue weighted by Crippen LogP contribution is -2.34. The summed E-state index contributed by atoms with van der Waals surface area (Å²) in [6, 6.07) is 8.99. The van der Waals surface area contributed by atoms with Gasteiger partial charge in [-0.25, -0.2) is 0 Å². The van der Waals surface area contributed by atoms with E-state index in [0.717, 1.165) is 5.92 Å². The van der Waals surface area contributed by atoms with Crippen LogP contribution in [-0.2, 0) is 11.8 Å². The third-order valence-corrected chi connectivity index (χ3v) is 4.30. The number of hydrogen-bond acceptors (Lipinski definition) is 0. The standard InChI is InChI=1S/C14H20/c1-4-14(3)11(2)9-10-12-7-5-6-8-13(12)14/h5-8,11H,4,9-10H2,1-3H3. The summed E-state index contributed by atoms with van der Waals surface area (Å²) in [5.41, 5.74) is 3.59. The second-order valence-corrected chi connectivity index (χ2v) is 4.87. The largest absolute Gasteiger partial charge is 0.0645 e. The van der Waals surface area contributed by atoms with Crippen LogP contribution in [0.15, 0.2) is 24.3 Å². The minimum atomic E-state index is 0.412. The molecule has 1 aliphatic carbocycles. The number of aryl methyl sites for hydroxylation is 1. The molecule has 0 amide bonds. The van der Waals surface area contributed by atoms with Crippen LogP contribution >= 0.6 is 0 Å². The molecule has 0 saturated carbocycles. The van der Waals surface area contributed by atoms with E-state index in [0.29, 0.717) is 5.41 Å². The Labute approximate surface area is 87.3 Å². The average Bonchev–Trinajstić information content (AvgIpc) is 2.24. The van der Waals surface area contributed by atoms with E-state index in [9.17, 15) is 0 Å². The molecule has 0 heterocycles. The Kier molecular flexibility index (Phi) is 2.38. The van der Waals surface area contributed by atoms with Gasteiger partial charge in [-0.2, -0.15) is 0 Å². The molecule has 0 saturated heterocycles. The van der Waals surface area contributed by atoms with Gasteiger partial charge in [-0.15, -0.1) is 0 Å². The predicted molar refractivity (Wildman–Crippen MR) is 61.6 cm³/mol. The maximum Gasteiger partial charge on any atom is -0.00494 e. The SMILES string of the molecule is CCC1(C)c2ccccc2CCC1C. The topological polar surface area (TPSA) is 0 Å². The van der Waals surface area contributed by atoms with Gasteiger partial charge in [0.05, 0.1) is 0 Å². The van der Waals surface area contributed by atoms with E-state index >= 15 is 0 Å². The highest BCUT2D eigenvalue weighted by Crippen LogP contribution is 2.43. The van der Waals surface area contributed by atoms with Crippen LogP contribution in [0.5, 0.6) is 0 Å². The summed E-state index contributed by atoms with van der Waals surface area (Å²) in [6.45, 7) is 7.15. The van der Waals surface area contributed by atoms with Crippen molar-refractivity contribution in [3.63, 3.8) is 0 Å². The van der Waals surface area contributed by atoms with Crippen LogP contribution in [0.25, 0.3) is 0 Å². The van der Waals surface area contributed by atoms with Crippen LogP contribution in [0.1, 0.15) is 44.7 Å². The van der Waals surface area contributed by atoms with Crippen molar-refractivity contribution in [1.82, 2.24) is 0 Å². The fourth-order valence-corrected chi connectivity index (χ4v) is 2.79. The van der Waals surface area contributed by atoms with Gasteiger partial charge in [-0.1, -0.05) is 45.0 Å². The van der Waals surface area contributed by atoms with Crippen molar-refractivity contribution >= 4 is 0 Å². The van der Waals surface area contributed by atoms with E-state index in [2.05, 4.69) is 45.0 Å². The molecule has 0 bridgehead atoms. The van der Waals surface area contributed by atoms with E-state index in [1.165, 1.54) is 19.3 Å². The molecule has 14 heavy (non-hydrogen) atoms. The van der Waals surface area contributed by atoms with E-state index in [1.807, 2.05) is 0 Å². The van der Waals surface area contributed by atoms with E-state index in [-0.39, 0.29) is 0 Å². The molecule has 0 fully saturated rings. The van der Waals surface area contributed by atoms with Gasteiger partial charge in [0, 0.05) is 0 Å². The molecular formula is C14H20. The highest BCUT2D eigenvalue weighted by molar-refractivity contribution is 5.36. The second kappa shape index (κ2) is 3.42. The molecule has 0 nitrogen and oxygen atoms in total. The Balaban J connectivity index is 2.52. The van der Waals surface area contributed by atoms with Crippen LogP contribution in [0, 0.1) is 5.92 Å². The third kappa shape index (κ3) is 1.28. The Morgan fingerprint density at radius 2 is 2.07 bits per heavy atom. The molecule has 0 radical (unpaired) electrons. The average molecular weight is 188 g/mol. The van der Waals surface area contributed by atoms with Crippen LogP contribution in [-0.4, -0.2) is 0 Å². The van der Waals surface area contributed by atoms with E-state index < -0.39 is 0 Å².